The predicted octanol–water partition coefficient (Wildman–Crippen LogP) is 4.62. The van der Waals surface area contributed by atoms with Gasteiger partial charge >= 0.3 is 0 Å². The lowest BCUT2D eigenvalue weighted by Gasteiger charge is -2.25. The maximum absolute atomic E-state index is 13.2. The predicted molar refractivity (Wildman–Crippen MR) is 122 cm³/mol. The van der Waals surface area contributed by atoms with Gasteiger partial charge < -0.3 is 23.9 Å². The van der Waals surface area contributed by atoms with Gasteiger partial charge in [0.05, 0.1) is 38.1 Å². The molecule has 33 heavy (non-hydrogen) atoms. The number of amides is 1. The Balaban J connectivity index is 1.85. The van der Waals surface area contributed by atoms with Crippen LogP contribution >= 0.6 is 0 Å². The van der Waals surface area contributed by atoms with Crippen LogP contribution in [-0.2, 0) is 16.1 Å². The summed E-state index contributed by atoms with van der Waals surface area (Å²) < 4.78 is 16.3. The van der Waals surface area contributed by atoms with Gasteiger partial charge in [-0.3, -0.25) is 9.59 Å². The van der Waals surface area contributed by atoms with Gasteiger partial charge in [0.25, 0.3) is 11.7 Å². The van der Waals surface area contributed by atoms with Crippen molar-refractivity contribution in [2.24, 2.45) is 0 Å². The van der Waals surface area contributed by atoms with Gasteiger partial charge in [0.2, 0.25) is 0 Å². The SMILES string of the molecule is CCOc1ccc(/C(O)=C2/C(=O)C(=O)N(Cc3ccco3)C2c2cccc(OC)c2)cc1C. The zero-order valence-corrected chi connectivity index (χ0v) is 18.7. The van der Waals surface area contributed by atoms with Crippen molar-refractivity contribution in [2.45, 2.75) is 26.4 Å². The lowest BCUT2D eigenvalue weighted by molar-refractivity contribution is -0.140. The topological polar surface area (TPSA) is 89.2 Å². The number of ether oxygens (including phenoxy) is 2. The van der Waals surface area contributed by atoms with Crippen LogP contribution in [0.2, 0.25) is 0 Å². The van der Waals surface area contributed by atoms with Gasteiger partial charge in [0.1, 0.15) is 23.0 Å². The molecular weight excluding hydrogens is 422 g/mol. The molecule has 0 bridgehead atoms. The van der Waals surface area contributed by atoms with Crippen molar-refractivity contribution in [3.63, 3.8) is 0 Å². The van der Waals surface area contributed by atoms with Crippen LogP contribution in [-0.4, -0.2) is 35.4 Å². The maximum atomic E-state index is 13.2. The number of rotatable bonds is 7. The van der Waals surface area contributed by atoms with E-state index in [-0.39, 0.29) is 17.9 Å². The van der Waals surface area contributed by atoms with Crippen LogP contribution in [0.1, 0.15) is 35.4 Å². The molecule has 0 spiro atoms. The Kier molecular flexibility index (Phi) is 6.22. The zero-order valence-electron chi connectivity index (χ0n) is 18.7. The van der Waals surface area contributed by atoms with E-state index in [4.69, 9.17) is 13.9 Å². The second-order valence-corrected chi connectivity index (χ2v) is 7.70. The van der Waals surface area contributed by atoms with E-state index in [1.54, 1.807) is 61.7 Å². The lowest BCUT2D eigenvalue weighted by Crippen LogP contribution is -2.29. The number of ketones is 1. The van der Waals surface area contributed by atoms with Crippen LogP contribution in [0.3, 0.4) is 0 Å². The number of aryl methyl sites for hydroxylation is 1. The average Bonchev–Trinajstić information content (AvgIpc) is 3.42. The van der Waals surface area contributed by atoms with E-state index in [2.05, 4.69) is 0 Å². The van der Waals surface area contributed by atoms with Crippen LogP contribution < -0.4 is 9.47 Å². The highest BCUT2D eigenvalue weighted by Gasteiger charge is 2.46. The monoisotopic (exact) mass is 447 g/mol. The summed E-state index contributed by atoms with van der Waals surface area (Å²) in [4.78, 5) is 27.6. The first-order chi connectivity index (χ1) is 15.9. The number of carbonyl (C=O) groups is 2. The van der Waals surface area contributed by atoms with Crippen LogP contribution in [0, 0.1) is 6.92 Å². The molecule has 1 aliphatic rings. The Bertz CT molecular complexity index is 1210. The van der Waals surface area contributed by atoms with Gasteiger partial charge in [-0.05, 0) is 67.4 Å². The van der Waals surface area contributed by atoms with Crippen molar-refractivity contribution in [1.82, 2.24) is 4.90 Å². The van der Waals surface area contributed by atoms with Crippen LogP contribution in [0.5, 0.6) is 11.5 Å². The van der Waals surface area contributed by atoms with E-state index in [1.165, 1.54) is 11.2 Å². The summed E-state index contributed by atoms with van der Waals surface area (Å²) in [7, 11) is 1.54. The number of aliphatic hydroxyl groups is 1. The average molecular weight is 447 g/mol. The Labute approximate surface area is 191 Å². The molecule has 7 nitrogen and oxygen atoms in total. The summed E-state index contributed by atoms with van der Waals surface area (Å²) in [5.41, 5.74) is 1.90. The minimum atomic E-state index is -0.808. The van der Waals surface area contributed by atoms with Gasteiger partial charge in [0, 0.05) is 5.56 Å². The van der Waals surface area contributed by atoms with Crippen LogP contribution in [0.25, 0.3) is 5.76 Å². The van der Waals surface area contributed by atoms with Gasteiger partial charge in [-0.25, -0.2) is 0 Å². The first-order valence-corrected chi connectivity index (χ1v) is 10.6. The molecule has 0 aliphatic carbocycles. The van der Waals surface area contributed by atoms with E-state index < -0.39 is 17.7 Å². The summed E-state index contributed by atoms with van der Waals surface area (Å²) in [6, 6.07) is 14.9. The smallest absolute Gasteiger partial charge is 0.296 e. The summed E-state index contributed by atoms with van der Waals surface area (Å²) in [6.45, 7) is 4.34. The van der Waals surface area contributed by atoms with Crippen molar-refractivity contribution >= 4 is 17.4 Å². The summed E-state index contributed by atoms with van der Waals surface area (Å²) in [5.74, 6) is 0.0995. The maximum Gasteiger partial charge on any atom is 0.296 e. The van der Waals surface area contributed by atoms with E-state index in [1.807, 2.05) is 13.8 Å². The molecule has 7 heteroatoms. The molecule has 2 heterocycles. The number of aliphatic hydroxyl groups excluding tert-OH is 1. The molecule has 2 aromatic carbocycles. The number of nitrogens with zero attached hydrogens (tertiary/aromatic N) is 1. The molecule has 1 amide bonds. The van der Waals surface area contributed by atoms with Crippen molar-refractivity contribution in [3.8, 4) is 11.5 Å². The molecule has 0 radical (unpaired) electrons. The Hall–Kier alpha value is -4.00. The van der Waals surface area contributed by atoms with Gasteiger partial charge in [-0.15, -0.1) is 0 Å². The highest BCUT2D eigenvalue weighted by Crippen LogP contribution is 2.41. The van der Waals surface area contributed by atoms with Crippen molar-refractivity contribution in [1.29, 1.82) is 0 Å². The number of furan rings is 1. The van der Waals surface area contributed by atoms with Crippen LogP contribution in [0.4, 0.5) is 0 Å². The number of hydrogen-bond acceptors (Lipinski definition) is 6. The minimum Gasteiger partial charge on any atom is -0.507 e. The Morgan fingerprint density at radius 2 is 1.94 bits per heavy atom. The molecule has 170 valence electrons. The molecule has 1 unspecified atom stereocenters. The fourth-order valence-electron chi connectivity index (χ4n) is 4.04. The zero-order chi connectivity index (χ0) is 23.5. The number of Topliss-reactive ketones (excluding diaryl/α,β-unsaturated/α-hetero) is 1. The Morgan fingerprint density at radius 1 is 1.12 bits per heavy atom. The number of hydrogen-bond donors (Lipinski definition) is 1. The lowest BCUT2D eigenvalue weighted by atomic mass is 9.94. The first kappa shape index (κ1) is 22.2. The molecule has 1 aromatic heterocycles. The molecule has 1 aliphatic heterocycles. The fourth-order valence-corrected chi connectivity index (χ4v) is 4.04. The molecule has 1 fully saturated rings. The number of methoxy groups -OCH3 is 1. The largest absolute Gasteiger partial charge is 0.507 e. The molecular formula is C26H25NO6. The molecule has 3 aromatic rings. The van der Waals surface area contributed by atoms with Crippen molar-refractivity contribution in [3.05, 3.63) is 88.9 Å². The molecule has 1 saturated heterocycles. The third-order valence-corrected chi connectivity index (χ3v) is 5.60. The van der Waals surface area contributed by atoms with Gasteiger partial charge in [-0.2, -0.15) is 0 Å². The first-order valence-electron chi connectivity index (χ1n) is 10.6. The van der Waals surface area contributed by atoms with E-state index in [9.17, 15) is 14.7 Å². The molecule has 1 N–H and O–H groups in total. The van der Waals surface area contributed by atoms with Gasteiger partial charge in [0.15, 0.2) is 0 Å². The van der Waals surface area contributed by atoms with Gasteiger partial charge in [-0.1, -0.05) is 12.1 Å². The van der Waals surface area contributed by atoms with E-state index in [0.717, 1.165) is 5.56 Å². The highest BCUT2D eigenvalue weighted by atomic mass is 16.5. The molecule has 4 rings (SSSR count). The van der Waals surface area contributed by atoms with Crippen LogP contribution in [0.15, 0.2) is 70.9 Å². The minimum absolute atomic E-state index is 0.0170. The molecule has 0 saturated carbocycles. The standard InChI is InChI=1S/C26H25NO6/c1-4-32-21-11-10-18(13-16(21)2)24(28)22-23(17-7-5-8-19(14-17)31-3)27(26(30)25(22)29)15-20-9-6-12-33-20/h5-14,23,28H,4,15H2,1-3H3/b24-22-. The summed E-state index contributed by atoms with van der Waals surface area (Å²) >= 11 is 0. The summed E-state index contributed by atoms with van der Waals surface area (Å²) in [5, 5.41) is 11.2. The third kappa shape index (κ3) is 4.22. The van der Waals surface area contributed by atoms with Crippen molar-refractivity contribution < 1.29 is 28.6 Å². The number of likely N-dealkylation sites (tertiary alicyclic amines) is 1. The number of benzene rings is 2. The van der Waals surface area contributed by atoms with E-state index in [0.29, 0.717) is 35.0 Å². The third-order valence-electron chi connectivity index (χ3n) is 5.60. The fraction of sp³-hybridized carbons (Fsp3) is 0.231. The van der Waals surface area contributed by atoms with E-state index >= 15 is 0 Å². The normalized spacial score (nSPS) is 17.4. The Morgan fingerprint density at radius 3 is 2.61 bits per heavy atom. The number of carbonyl (C=O) groups excluding carboxylic acids is 2. The second-order valence-electron chi connectivity index (χ2n) is 7.70. The molecule has 1 atom stereocenters. The summed E-state index contributed by atoms with van der Waals surface area (Å²) in [6.07, 6.45) is 1.51. The van der Waals surface area contributed by atoms with Crippen molar-refractivity contribution in [2.75, 3.05) is 13.7 Å². The quantitative estimate of drug-likeness (QED) is 0.323. The second kappa shape index (κ2) is 9.24. The highest BCUT2D eigenvalue weighted by molar-refractivity contribution is 6.46.